The Morgan fingerprint density at radius 2 is 1.27 bits per heavy atom. The van der Waals surface area contributed by atoms with Crippen molar-refractivity contribution in [2.75, 3.05) is 30.8 Å². The smallest absolute Gasteiger partial charge is 0.262 e. The summed E-state index contributed by atoms with van der Waals surface area (Å²) < 4.78 is 84.2. The molecule has 9 nitrogen and oxygen atoms in total. The Bertz CT molecular complexity index is 1360. The second-order valence-corrected chi connectivity index (χ2v) is 9.96. The molecule has 0 saturated heterocycles. The zero-order valence-corrected chi connectivity index (χ0v) is 19.5. The average Bonchev–Trinajstić information content (AvgIpc) is 2.79. The van der Waals surface area contributed by atoms with E-state index in [1.807, 2.05) is 0 Å². The number of sulfonamides is 2. The Kier molecular flexibility index (Phi) is 6.98. The molecule has 3 rings (SSSR count). The number of rotatable bonds is 9. The third-order valence-electron chi connectivity index (χ3n) is 4.50. The van der Waals surface area contributed by atoms with Crippen LogP contribution in [-0.4, -0.2) is 38.2 Å². The third kappa shape index (κ3) is 5.46. The van der Waals surface area contributed by atoms with Crippen molar-refractivity contribution in [1.82, 2.24) is 0 Å². The summed E-state index contributed by atoms with van der Waals surface area (Å²) in [6, 6.07) is 12.8. The predicted octanol–water partition coefficient (Wildman–Crippen LogP) is 3.45. The SMILES string of the molecule is COc1ccc(OC)c(NS(=O)(=O)c2ccc(NS(=O)(=O)c3ccc(F)c(OC)c3)cc2)c1. The minimum Gasteiger partial charge on any atom is -0.497 e. The van der Waals surface area contributed by atoms with E-state index in [0.717, 1.165) is 18.2 Å². The summed E-state index contributed by atoms with van der Waals surface area (Å²) in [5, 5.41) is 0. The van der Waals surface area contributed by atoms with Gasteiger partial charge in [-0.1, -0.05) is 0 Å². The number of nitrogens with one attached hydrogen (secondary N) is 2. The van der Waals surface area contributed by atoms with Crippen LogP contribution in [0.5, 0.6) is 17.2 Å². The molecule has 2 N–H and O–H groups in total. The summed E-state index contributed by atoms with van der Waals surface area (Å²) in [6.45, 7) is 0. The number of anilines is 2. The van der Waals surface area contributed by atoms with Gasteiger partial charge in [-0.15, -0.1) is 0 Å². The summed E-state index contributed by atoms with van der Waals surface area (Å²) in [7, 11) is -4.02. The topological polar surface area (TPSA) is 120 Å². The molecule has 0 fully saturated rings. The van der Waals surface area contributed by atoms with Crippen molar-refractivity contribution in [2.24, 2.45) is 0 Å². The van der Waals surface area contributed by atoms with Crippen LogP contribution < -0.4 is 23.7 Å². The van der Waals surface area contributed by atoms with E-state index >= 15 is 0 Å². The Labute approximate surface area is 191 Å². The summed E-state index contributed by atoms with van der Waals surface area (Å²) in [6.07, 6.45) is 0. The molecule has 33 heavy (non-hydrogen) atoms. The Morgan fingerprint density at radius 3 is 1.88 bits per heavy atom. The molecular weight excluding hydrogens is 475 g/mol. The van der Waals surface area contributed by atoms with E-state index in [4.69, 9.17) is 14.2 Å². The lowest BCUT2D eigenvalue weighted by Gasteiger charge is -2.14. The lowest BCUT2D eigenvalue weighted by molar-refractivity contribution is 0.385. The van der Waals surface area contributed by atoms with E-state index in [9.17, 15) is 21.2 Å². The molecule has 3 aromatic carbocycles. The van der Waals surface area contributed by atoms with Crippen LogP contribution in [0, 0.1) is 5.82 Å². The van der Waals surface area contributed by atoms with Crippen molar-refractivity contribution >= 4 is 31.4 Å². The molecule has 0 amide bonds. The van der Waals surface area contributed by atoms with E-state index < -0.39 is 25.9 Å². The van der Waals surface area contributed by atoms with Crippen LogP contribution in [0.4, 0.5) is 15.8 Å². The van der Waals surface area contributed by atoms with Crippen LogP contribution in [0.3, 0.4) is 0 Å². The molecule has 0 atom stereocenters. The predicted molar refractivity (Wildman–Crippen MR) is 121 cm³/mol. The first-order valence-corrected chi connectivity index (χ1v) is 12.3. The average molecular weight is 497 g/mol. The number of ether oxygens (including phenoxy) is 3. The Balaban J connectivity index is 1.82. The normalized spacial score (nSPS) is 11.5. The van der Waals surface area contributed by atoms with Gasteiger partial charge in [0.2, 0.25) is 0 Å². The first kappa shape index (κ1) is 24.1. The maximum Gasteiger partial charge on any atom is 0.262 e. The van der Waals surface area contributed by atoms with Crippen molar-refractivity contribution in [3.05, 3.63) is 66.5 Å². The van der Waals surface area contributed by atoms with Gasteiger partial charge in [0.25, 0.3) is 20.0 Å². The zero-order chi connectivity index (χ0) is 24.2. The highest BCUT2D eigenvalue weighted by Gasteiger charge is 2.20. The van der Waals surface area contributed by atoms with Gasteiger partial charge in [-0.2, -0.15) is 0 Å². The molecule has 0 aromatic heterocycles. The molecule has 0 radical (unpaired) electrons. The van der Waals surface area contributed by atoms with Crippen molar-refractivity contribution in [2.45, 2.75) is 9.79 Å². The first-order chi connectivity index (χ1) is 15.6. The molecule has 0 unspecified atom stereocenters. The molecule has 176 valence electrons. The van der Waals surface area contributed by atoms with E-state index in [2.05, 4.69) is 9.44 Å². The number of hydrogen-bond donors (Lipinski definition) is 2. The van der Waals surface area contributed by atoms with Crippen LogP contribution in [0.2, 0.25) is 0 Å². The van der Waals surface area contributed by atoms with Crippen LogP contribution in [0.1, 0.15) is 0 Å². The van der Waals surface area contributed by atoms with Gasteiger partial charge in [0.05, 0.1) is 36.8 Å². The highest BCUT2D eigenvalue weighted by molar-refractivity contribution is 7.93. The molecule has 0 bridgehead atoms. The Hall–Kier alpha value is -3.51. The molecule has 0 aliphatic rings. The van der Waals surface area contributed by atoms with Gasteiger partial charge in [-0.3, -0.25) is 9.44 Å². The second kappa shape index (κ2) is 9.55. The van der Waals surface area contributed by atoms with Crippen LogP contribution >= 0.6 is 0 Å². The number of halogens is 1. The molecule has 0 aliphatic heterocycles. The Morgan fingerprint density at radius 1 is 0.667 bits per heavy atom. The van der Waals surface area contributed by atoms with E-state index in [-0.39, 0.29) is 26.9 Å². The molecule has 0 spiro atoms. The van der Waals surface area contributed by atoms with E-state index in [0.29, 0.717) is 11.5 Å². The van der Waals surface area contributed by atoms with Crippen LogP contribution in [-0.2, 0) is 20.0 Å². The fraction of sp³-hybridized carbons (Fsp3) is 0.143. The lowest BCUT2D eigenvalue weighted by Crippen LogP contribution is -2.15. The lowest BCUT2D eigenvalue weighted by atomic mass is 10.3. The standard InChI is InChI=1S/C21H21FN2O7S2/c1-29-15-6-11-20(30-2)19(12-15)24-32(25,26)16-7-4-14(5-8-16)23-33(27,28)17-9-10-18(22)21(13-17)31-3/h4-13,23-24H,1-3H3. The number of hydrogen-bond acceptors (Lipinski definition) is 7. The maximum atomic E-state index is 13.6. The van der Waals surface area contributed by atoms with Crippen LogP contribution in [0.15, 0.2) is 70.5 Å². The fourth-order valence-electron chi connectivity index (χ4n) is 2.82. The molecule has 0 saturated carbocycles. The third-order valence-corrected chi connectivity index (χ3v) is 7.26. The van der Waals surface area contributed by atoms with Crippen molar-refractivity contribution in [3.8, 4) is 17.2 Å². The quantitative estimate of drug-likeness (QED) is 0.466. The molecule has 0 aliphatic carbocycles. The monoisotopic (exact) mass is 496 g/mol. The van der Waals surface area contributed by atoms with Gasteiger partial charge in [0.1, 0.15) is 11.5 Å². The molecule has 3 aromatic rings. The van der Waals surface area contributed by atoms with E-state index in [1.165, 1.54) is 51.7 Å². The van der Waals surface area contributed by atoms with Gasteiger partial charge in [-0.25, -0.2) is 21.2 Å². The molecule has 12 heteroatoms. The van der Waals surface area contributed by atoms with Crippen molar-refractivity contribution in [1.29, 1.82) is 0 Å². The summed E-state index contributed by atoms with van der Waals surface area (Å²) in [4.78, 5) is -0.331. The largest absolute Gasteiger partial charge is 0.497 e. The van der Waals surface area contributed by atoms with E-state index in [1.54, 1.807) is 12.1 Å². The fourth-order valence-corrected chi connectivity index (χ4v) is 4.96. The van der Waals surface area contributed by atoms with Gasteiger partial charge in [0.15, 0.2) is 11.6 Å². The highest BCUT2D eigenvalue weighted by atomic mass is 32.2. The summed E-state index contributed by atoms with van der Waals surface area (Å²) >= 11 is 0. The van der Waals surface area contributed by atoms with Gasteiger partial charge < -0.3 is 14.2 Å². The van der Waals surface area contributed by atoms with Gasteiger partial charge >= 0.3 is 0 Å². The van der Waals surface area contributed by atoms with Crippen molar-refractivity contribution < 1.29 is 35.4 Å². The summed E-state index contributed by atoms with van der Waals surface area (Å²) in [5.41, 5.74) is 0.281. The maximum absolute atomic E-state index is 13.6. The number of benzene rings is 3. The minimum atomic E-state index is -4.07. The minimum absolute atomic E-state index is 0.108. The molecule has 0 heterocycles. The van der Waals surface area contributed by atoms with Crippen LogP contribution in [0.25, 0.3) is 0 Å². The van der Waals surface area contributed by atoms with Gasteiger partial charge in [-0.05, 0) is 48.5 Å². The van der Waals surface area contributed by atoms with Gasteiger partial charge in [0, 0.05) is 17.8 Å². The molecular formula is C21H21FN2O7S2. The summed E-state index contributed by atoms with van der Waals surface area (Å²) in [5.74, 6) is -0.210. The zero-order valence-electron chi connectivity index (χ0n) is 17.8. The van der Waals surface area contributed by atoms with Crippen molar-refractivity contribution in [3.63, 3.8) is 0 Å². The second-order valence-electron chi connectivity index (χ2n) is 6.60. The number of methoxy groups -OCH3 is 3. The first-order valence-electron chi connectivity index (χ1n) is 9.31. The highest BCUT2D eigenvalue weighted by Crippen LogP contribution is 2.31.